The van der Waals surface area contributed by atoms with Crippen LogP contribution in [0, 0.1) is 11.8 Å². The molecule has 0 radical (unpaired) electrons. The molecule has 0 rings (SSSR count). The average Bonchev–Trinajstić information content (AvgIpc) is 2.13. The van der Waals surface area contributed by atoms with E-state index >= 15 is 0 Å². The van der Waals surface area contributed by atoms with Gasteiger partial charge in [-0.1, -0.05) is 66.7 Å². The summed E-state index contributed by atoms with van der Waals surface area (Å²) in [6, 6.07) is 0. The third-order valence-corrected chi connectivity index (χ3v) is 2.53. The van der Waals surface area contributed by atoms with Crippen molar-refractivity contribution in [3.05, 3.63) is 0 Å². The van der Waals surface area contributed by atoms with Crippen LogP contribution in [-0.2, 0) is 0 Å². The van der Waals surface area contributed by atoms with Gasteiger partial charge in [-0.05, 0) is 17.6 Å². The van der Waals surface area contributed by atoms with Crippen LogP contribution in [-0.4, -0.2) is 5.75 Å². The van der Waals surface area contributed by atoms with Crippen LogP contribution in [0.3, 0.4) is 0 Å². The SMILES string of the molecule is CCCCC(CCC)C(C)C.CCS. The number of thiol groups is 1. The second kappa shape index (κ2) is 13.4. The molecule has 0 amide bonds. The van der Waals surface area contributed by atoms with E-state index in [0.29, 0.717) is 0 Å². The highest BCUT2D eigenvalue weighted by Crippen LogP contribution is 2.22. The van der Waals surface area contributed by atoms with Crippen molar-refractivity contribution in [2.45, 2.75) is 66.7 Å². The molecule has 1 unspecified atom stereocenters. The summed E-state index contributed by atoms with van der Waals surface area (Å²) >= 11 is 3.79. The summed E-state index contributed by atoms with van der Waals surface area (Å²) in [4.78, 5) is 0. The fraction of sp³-hybridized carbons (Fsp3) is 1.00. The summed E-state index contributed by atoms with van der Waals surface area (Å²) in [6.45, 7) is 11.3. The number of hydrogen-bond donors (Lipinski definition) is 1. The lowest BCUT2D eigenvalue weighted by molar-refractivity contribution is 0.325. The van der Waals surface area contributed by atoms with Gasteiger partial charge in [0.15, 0.2) is 0 Å². The van der Waals surface area contributed by atoms with E-state index in [1.807, 2.05) is 6.92 Å². The number of rotatable bonds is 6. The lowest BCUT2D eigenvalue weighted by Gasteiger charge is -2.19. The van der Waals surface area contributed by atoms with E-state index in [-0.39, 0.29) is 0 Å². The fourth-order valence-corrected chi connectivity index (χ4v) is 1.65. The van der Waals surface area contributed by atoms with Gasteiger partial charge in [-0.3, -0.25) is 0 Å². The fourth-order valence-electron chi connectivity index (χ4n) is 1.65. The second-order valence-corrected chi connectivity index (χ2v) is 4.88. The Labute approximate surface area is 97.3 Å². The Balaban J connectivity index is 0. The van der Waals surface area contributed by atoms with Crippen LogP contribution in [0.2, 0.25) is 0 Å². The van der Waals surface area contributed by atoms with Crippen LogP contribution in [0.15, 0.2) is 0 Å². The lowest BCUT2D eigenvalue weighted by Crippen LogP contribution is -2.07. The predicted octanol–water partition coefficient (Wildman–Crippen LogP) is 5.19. The first kappa shape index (κ1) is 16.8. The summed E-state index contributed by atoms with van der Waals surface area (Å²) < 4.78 is 0. The topological polar surface area (TPSA) is 0 Å². The highest BCUT2D eigenvalue weighted by molar-refractivity contribution is 7.80. The van der Waals surface area contributed by atoms with Crippen LogP contribution < -0.4 is 0 Å². The first-order chi connectivity index (χ1) is 6.63. The molecule has 0 saturated carbocycles. The zero-order valence-corrected chi connectivity index (χ0v) is 11.7. The van der Waals surface area contributed by atoms with Gasteiger partial charge in [0.05, 0.1) is 0 Å². The van der Waals surface area contributed by atoms with Gasteiger partial charge in [-0.2, -0.15) is 12.6 Å². The van der Waals surface area contributed by atoms with Gasteiger partial charge in [0.2, 0.25) is 0 Å². The van der Waals surface area contributed by atoms with Crippen LogP contribution >= 0.6 is 12.6 Å². The Kier molecular flexibility index (Phi) is 16.0. The summed E-state index contributed by atoms with van der Waals surface area (Å²) in [5.41, 5.74) is 0. The largest absolute Gasteiger partial charge is 0.180 e. The van der Waals surface area contributed by atoms with Gasteiger partial charge in [0.25, 0.3) is 0 Å². The third kappa shape index (κ3) is 12.3. The molecule has 0 N–H and O–H groups in total. The highest BCUT2D eigenvalue weighted by Gasteiger charge is 2.10. The minimum Gasteiger partial charge on any atom is -0.180 e. The zero-order chi connectivity index (χ0) is 11.4. The lowest BCUT2D eigenvalue weighted by atomic mass is 9.87. The van der Waals surface area contributed by atoms with Crippen molar-refractivity contribution in [2.75, 3.05) is 5.75 Å². The molecule has 0 aromatic rings. The van der Waals surface area contributed by atoms with Crippen molar-refractivity contribution < 1.29 is 0 Å². The van der Waals surface area contributed by atoms with E-state index in [4.69, 9.17) is 0 Å². The maximum absolute atomic E-state index is 3.79. The van der Waals surface area contributed by atoms with E-state index in [1.54, 1.807) is 0 Å². The molecule has 0 heterocycles. The molecule has 0 nitrogen and oxygen atoms in total. The van der Waals surface area contributed by atoms with Crippen molar-refractivity contribution in [3.63, 3.8) is 0 Å². The van der Waals surface area contributed by atoms with Crippen molar-refractivity contribution in [1.82, 2.24) is 0 Å². The molecule has 0 saturated heterocycles. The van der Waals surface area contributed by atoms with Crippen molar-refractivity contribution >= 4 is 12.6 Å². The summed E-state index contributed by atoms with van der Waals surface area (Å²) in [7, 11) is 0. The Morgan fingerprint density at radius 3 is 1.71 bits per heavy atom. The summed E-state index contributed by atoms with van der Waals surface area (Å²) in [5, 5.41) is 0. The van der Waals surface area contributed by atoms with Crippen molar-refractivity contribution in [2.24, 2.45) is 11.8 Å². The minimum absolute atomic E-state index is 0.890. The summed E-state index contributed by atoms with van der Waals surface area (Å²) in [5.74, 6) is 2.82. The molecule has 0 aliphatic heterocycles. The molecule has 0 bridgehead atoms. The van der Waals surface area contributed by atoms with E-state index in [1.165, 1.54) is 32.1 Å². The average molecular weight is 218 g/mol. The van der Waals surface area contributed by atoms with Crippen LogP contribution in [0.1, 0.15) is 66.7 Å². The van der Waals surface area contributed by atoms with Gasteiger partial charge < -0.3 is 0 Å². The molecule has 88 valence electrons. The standard InChI is InChI=1S/C11H24.C2H6S/c1-5-7-9-11(8-6-2)10(3)4;1-2-3/h10-11H,5-9H2,1-4H3;3H,2H2,1H3. The molecule has 0 aromatic carbocycles. The molecular formula is C13H30S. The van der Waals surface area contributed by atoms with Gasteiger partial charge in [-0.15, -0.1) is 0 Å². The monoisotopic (exact) mass is 218 g/mol. The smallest absolute Gasteiger partial charge is 0.0126 e. The van der Waals surface area contributed by atoms with E-state index in [9.17, 15) is 0 Å². The van der Waals surface area contributed by atoms with E-state index < -0.39 is 0 Å². The quantitative estimate of drug-likeness (QED) is 0.583. The Bertz CT molecular complexity index is 89.2. The van der Waals surface area contributed by atoms with Gasteiger partial charge in [0, 0.05) is 0 Å². The van der Waals surface area contributed by atoms with Crippen LogP contribution in [0.5, 0.6) is 0 Å². The molecule has 0 fully saturated rings. The first-order valence-corrected chi connectivity index (χ1v) is 6.87. The molecule has 14 heavy (non-hydrogen) atoms. The Hall–Kier alpha value is 0.350. The molecular weight excluding hydrogens is 188 g/mol. The number of hydrogen-bond acceptors (Lipinski definition) is 1. The molecule has 0 aliphatic carbocycles. The molecule has 0 spiro atoms. The third-order valence-electron chi connectivity index (χ3n) is 2.53. The molecule has 0 aliphatic rings. The second-order valence-electron chi connectivity index (χ2n) is 4.25. The van der Waals surface area contributed by atoms with E-state index in [0.717, 1.165) is 17.6 Å². The van der Waals surface area contributed by atoms with Crippen molar-refractivity contribution in [3.8, 4) is 0 Å². The molecule has 1 heteroatoms. The zero-order valence-electron chi connectivity index (χ0n) is 10.8. The first-order valence-electron chi connectivity index (χ1n) is 6.24. The Morgan fingerprint density at radius 1 is 0.929 bits per heavy atom. The summed E-state index contributed by atoms with van der Waals surface area (Å²) in [6.07, 6.45) is 7.00. The number of unbranched alkanes of at least 4 members (excludes halogenated alkanes) is 1. The minimum atomic E-state index is 0.890. The van der Waals surface area contributed by atoms with Gasteiger partial charge in [0.1, 0.15) is 0 Å². The molecule has 0 aromatic heterocycles. The van der Waals surface area contributed by atoms with Gasteiger partial charge in [-0.25, -0.2) is 0 Å². The van der Waals surface area contributed by atoms with E-state index in [2.05, 4.69) is 40.3 Å². The van der Waals surface area contributed by atoms with Crippen molar-refractivity contribution in [1.29, 1.82) is 0 Å². The van der Waals surface area contributed by atoms with Crippen LogP contribution in [0.4, 0.5) is 0 Å². The van der Waals surface area contributed by atoms with Crippen LogP contribution in [0.25, 0.3) is 0 Å². The maximum atomic E-state index is 3.79. The normalized spacial score (nSPS) is 12.2. The highest BCUT2D eigenvalue weighted by atomic mass is 32.1. The Morgan fingerprint density at radius 2 is 1.43 bits per heavy atom. The van der Waals surface area contributed by atoms with Gasteiger partial charge >= 0.3 is 0 Å². The predicted molar refractivity (Wildman–Crippen MR) is 72.3 cm³/mol. The maximum Gasteiger partial charge on any atom is -0.0126 e. The molecule has 1 atom stereocenters.